The van der Waals surface area contributed by atoms with Crippen LogP contribution in [0, 0.1) is 0 Å². The summed E-state index contributed by atoms with van der Waals surface area (Å²) < 4.78 is 9.64. The molecule has 3 amide bonds. The first-order valence-electron chi connectivity index (χ1n) is 6.74. The average molecular weight is 303 g/mol. The summed E-state index contributed by atoms with van der Waals surface area (Å²) in [6, 6.07) is 0. The number of rotatable bonds is 8. The fourth-order valence-corrected chi connectivity index (χ4v) is 1.26. The Balaban J connectivity index is 3.59. The number of ether oxygens (including phenoxy) is 2. The maximum Gasteiger partial charge on any atom is 0.408 e. The van der Waals surface area contributed by atoms with Crippen LogP contribution in [0.3, 0.4) is 0 Å². The fraction of sp³-hybridized carbons (Fsp3) is 0.769. The van der Waals surface area contributed by atoms with Gasteiger partial charge in [0.1, 0.15) is 12.2 Å². The highest BCUT2D eigenvalue weighted by atomic mass is 16.6. The van der Waals surface area contributed by atoms with Crippen molar-refractivity contribution in [3.05, 3.63) is 0 Å². The van der Waals surface area contributed by atoms with E-state index in [9.17, 15) is 14.4 Å². The van der Waals surface area contributed by atoms with E-state index < -0.39 is 11.7 Å². The van der Waals surface area contributed by atoms with Gasteiger partial charge in [-0.1, -0.05) is 0 Å². The second-order valence-corrected chi connectivity index (χ2v) is 5.34. The van der Waals surface area contributed by atoms with E-state index in [-0.39, 0.29) is 25.0 Å². The lowest BCUT2D eigenvalue weighted by Crippen LogP contribution is -2.40. The van der Waals surface area contributed by atoms with Crippen molar-refractivity contribution in [1.82, 2.24) is 16.0 Å². The van der Waals surface area contributed by atoms with E-state index in [1.807, 2.05) is 0 Å². The first-order valence-corrected chi connectivity index (χ1v) is 6.74. The zero-order chi connectivity index (χ0) is 16.3. The molecule has 0 aromatic heterocycles. The van der Waals surface area contributed by atoms with Gasteiger partial charge in [-0.05, 0) is 27.2 Å². The molecule has 0 aliphatic heterocycles. The molecule has 8 nitrogen and oxygen atoms in total. The largest absolute Gasteiger partial charge is 0.444 e. The monoisotopic (exact) mass is 303 g/mol. The number of methoxy groups -OCH3 is 1. The van der Waals surface area contributed by atoms with Gasteiger partial charge in [-0.2, -0.15) is 0 Å². The van der Waals surface area contributed by atoms with Crippen LogP contribution in [-0.2, 0) is 19.1 Å². The standard InChI is InChI=1S/C13H25N3O5/c1-13(2,3)21-12(19)16-8-10(17)14-6-5-7-15-11(18)9-20-4/h5-9H2,1-4H3,(H,14,17)(H,15,18)(H,16,19). The lowest BCUT2D eigenvalue weighted by molar-refractivity contribution is -0.124. The summed E-state index contributed by atoms with van der Waals surface area (Å²) in [4.78, 5) is 33.8. The van der Waals surface area contributed by atoms with Crippen LogP contribution >= 0.6 is 0 Å². The molecule has 0 unspecified atom stereocenters. The average Bonchev–Trinajstić information content (AvgIpc) is 2.34. The summed E-state index contributed by atoms with van der Waals surface area (Å²) in [7, 11) is 1.44. The Hall–Kier alpha value is -1.83. The minimum atomic E-state index is -0.635. The third-order valence-corrected chi connectivity index (χ3v) is 2.07. The number of nitrogens with one attached hydrogen (secondary N) is 3. The van der Waals surface area contributed by atoms with Gasteiger partial charge < -0.3 is 25.4 Å². The van der Waals surface area contributed by atoms with Gasteiger partial charge in [0.2, 0.25) is 11.8 Å². The Bertz CT molecular complexity index is 352. The maximum absolute atomic E-state index is 11.4. The van der Waals surface area contributed by atoms with Crippen molar-refractivity contribution in [1.29, 1.82) is 0 Å². The Morgan fingerprint density at radius 1 is 0.952 bits per heavy atom. The Morgan fingerprint density at radius 2 is 1.52 bits per heavy atom. The van der Waals surface area contributed by atoms with Crippen molar-refractivity contribution >= 4 is 17.9 Å². The smallest absolute Gasteiger partial charge is 0.408 e. The zero-order valence-corrected chi connectivity index (χ0v) is 13.1. The molecule has 3 N–H and O–H groups in total. The number of carbonyl (C=O) groups excluding carboxylic acids is 3. The highest BCUT2D eigenvalue weighted by Gasteiger charge is 2.16. The number of alkyl carbamates (subject to hydrolysis) is 1. The molecule has 0 rings (SSSR count). The molecule has 0 aliphatic carbocycles. The summed E-state index contributed by atoms with van der Waals surface area (Å²) >= 11 is 0. The fourth-order valence-electron chi connectivity index (χ4n) is 1.26. The minimum absolute atomic E-state index is 0.0200. The predicted octanol–water partition coefficient (Wildman–Crippen LogP) is -0.220. The second-order valence-electron chi connectivity index (χ2n) is 5.34. The molecule has 0 saturated carbocycles. The van der Waals surface area contributed by atoms with Gasteiger partial charge in [-0.3, -0.25) is 9.59 Å². The van der Waals surface area contributed by atoms with Gasteiger partial charge in [0, 0.05) is 20.2 Å². The molecular formula is C13H25N3O5. The summed E-state index contributed by atoms with van der Waals surface area (Å²) in [5.41, 5.74) is -0.596. The van der Waals surface area contributed by atoms with E-state index in [0.717, 1.165) is 0 Å². The lowest BCUT2D eigenvalue weighted by atomic mass is 10.2. The van der Waals surface area contributed by atoms with Crippen LogP contribution in [0.5, 0.6) is 0 Å². The van der Waals surface area contributed by atoms with Crippen LogP contribution < -0.4 is 16.0 Å². The van der Waals surface area contributed by atoms with Gasteiger partial charge in [-0.25, -0.2) is 4.79 Å². The van der Waals surface area contributed by atoms with Crippen molar-refractivity contribution in [2.45, 2.75) is 32.8 Å². The normalized spacial score (nSPS) is 10.7. The summed E-state index contributed by atoms with van der Waals surface area (Å²) in [6.07, 6.45) is -0.0438. The Labute approximate surface area is 124 Å². The Morgan fingerprint density at radius 3 is 2.05 bits per heavy atom. The van der Waals surface area contributed by atoms with Crippen molar-refractivity contribution in [3.8, 4) is 0 Å². The molecule has 0 heterocycles. The van der Waals surface area contributed by atoms with E-state index >= 15 is 0 Å². The van der Waals surface area contributed by atoms with Gasteiger partial charge in [0.25, 0.3) is 0 Å². The molecule has 21 heavy (non-hydrogen) atoms. The van der Waals surface area contributed by atoms with Gasteiger partial charge in [0.15, 0.2) is 0 Å². The Kier molecular flexibility index (Phi) is 9.11. The van der Waals surface area contributed by atoms with Crippen LogP contribution in [-0.4, -0.2) is 56.9 Å². The first kappa shape index (κ1) is 19.2. The molecule has 0 fully saturated rings. The second kappa shape index (κ2) is 9.98. The predicted molar refractivity (Wildman–Crippen MR) is 76.7 cm³/mol. The third-order valence-electron chi connectivity index (χ3n) is 2.07. The molecule has 0 aromatic rings. The van der Waals surface area contributed by atoms with Crippen LogP contribution in [0.4, 0.5) is 4.79 Å². The van der Waals surface area contributed by atoms with Crippen molar-refractivity contribution in [3.63, 3.8) is 0 Å². The van der Waals surface area contributed by atoms with E-state index in [4.69, 9.17) is 4.74 Å². The quantitative estimate of drug-likeness (QED) is 0.538. The number of amides is 3. The summed E-state index contributed by atoms with van der Waals surface area (Å²) in [6.45, 7) is 5.95. The van der Waals surface area contributed by atoms with Crippen molar-refractivity contribution < 1.29 is 23.9 Å². The zero-order valence-electron chi connectivity index (χ0n) is 13.1. The molecule has 0 atom stereocenters. The lowest BCUT2D eigenvalue weighted by Gasteiger charge is -2.19. The molecular weight excluding hydrogens is 278 g/mol. The minimum Gasteiger partial charge on any atom is -0.444 e. The number of hydrogen-bond acceptors (Lipinski definition) is 5. The third kappa shape index (κ3) is 12.9. The number of carbonyl (C=O) groups is 3. The maximum atomic E-state index is 11.4. The van der Waals surface area contributed by atoms with Gasteiger partial charge >= 0.3 is 6.09 Å². The molecule has 122 valence electrons. The molecule has 8 heteroatoms. The molecule has 0 bridgehead atoms. The van der Waals surface area contributed by atoms with Crippen molar-refractivity contribution in [2.24, 2.45) is 0 Å². The van der Waals surface area contributed by atoms with Crippen LogP contribution in [0.15, 0.2) is 0 Å². The van der Waals surface area contributed by atoms with Crippen LogP contribution in [0.2, 0.25) is 0 Å². The van der Waals surface area contributed by atoms with Crippen LogP contribution in [0.1, 0.15) is 27.2 Å². The first-order chi connectivity index (χ1) is 9.74. The highest BCUT2D eigenvalue weighted by Crippen LogP contribution is 2.05. The highest BCUT2D eigenvalue weighted by molar-refractivity contribution is 5.82. The van der Waals surface area contributed by atoms with Crippen LogP contribution in [0.25, 0.3) is 0 Å². The SMILES string of the molecule is COCC(=O)NCCCNC(=O)CNC(=O)OC(C)(C)C. The molecule has 0 saturated heterocycles. The summed E-state index contributed by atoms with van der Waals surface area (Å²) in [5.74, 6) is -0.514. The van der Waals surface area contributed by atoms with E-state index in [2.05, 4.69) is 20.7 Å². The number of hydrogen-bond donors (Lipinski definition) is 3. The molecule has 0 aliphatic rings. The van der Waals surface area contributed by atoms with E-state index in [1.54, 1.807) is 20.8 Å². The van der Waals surface area contributed by atoms with Gasteiger partial charge in [0.05, 0.1) is 6.54 Å². The summed E-state index contributed by atoms with van der Waals surface area (Å²) in [5, 5.41) is 7.60. The molecule has 0 spiro atoms. The van der Waals surface area contributed by atoms with Gasteiger partial charge in [-0.15, -0.1) is 0 Å². The topological polar surface area (TPSA) is 106 Å². The van der Waals surface area contributed by atoms with E-state index in [0.29, 0.717) is 19.5 Å². The van der Waals surface area contributed by atoms with Crippen molar-refractivity contribution in [2.75, 3.05) is 33.4 Å². The molecule has 0 aromatic carbocycles. The van der Waals surface area contributed by atoms with E-state index in [1.165, 1.54) is 7.11 Å². The molecule has 0 radical (unpaired) electrons.